The van der Waals surface area contributed by atoms with Crippen molar-refractivity contribution in [1.82, 2.24) is 9.80 Å². The average Bonchev–Trinajstić information content (AvgIpc) is 2.76. The van der Waals surface area contributed by atoms with Crippen LogP contribution >= 0.6 is 0 Å². The molecule has 5 heteroatoms. The van der Waals surface area contributed by atoms with Crippen molar-refractivity contribution >= 4 is 12.0 Å². The summed E-state index contributed by atoms with van der Waals surface area (Å²) in [4.78, 5) is 27.6. The summed E-state index contributed by atoms with van der Waals surface area (Å²) in [7, 11) is 0. The van der Waals surface area contributed by atoms with Gasteiger partial charge in [0.05, 0.1) is 0 Å². The Labute approximate surface area is 127 Å². The monoisotopic (exact) mass is 296 g/mol. The van der Waals surface area contributed by atoms with Gasteiger partial charge in [0.1, 0.15) is 6.04 Å². The number of nitrogens with zero attached hydrogens (tertiary/aromatic N) is 2. The van der Waals surface area contributed by atoms with Crippen molar-refractivity contribution in [3.05, 3.63) is 0 Å². The Morgan fingerprint density at radius 1 is 1.05 bits per heavy atom. The molecule has 0 aromatic carbocycles. The summed E-state index contributed by atoms with van der Waals surface area (Å²) in [6, 6.07) is -0.718. The van der Waals surface area contributed by atoms with Gasteiger partial charge in [-0.3, -0.25) is 0 Å². The van der Waals surface area contributed by atoms with Crippen molar-refractivity contribution < 1.29 is 14.7 Å². The number of aliphatic carboxylic acids is 1. The van der Waals surface area contributed by atoms with Crippen molar-refractivity contribution in [3.8, 4) is 0 Å². The Balaban J connectivity index is 2.06. The van der Waals surface area contributed by atoms with E-state index in [0.29, 0.717) is 18.9 Å². The third-order valence-electron chi connectivity index (χ3n) is 4.97. The molecule has 0 aromatic heterocycles. The van der Waals surface area contributed by atoms with E-state index in [1.807, 2.05) is 4.90 Å². The van der Waals surface area contributed by atoms with Crippen LogP contribution in [0.5, 0.6) is 0 Å². The van der Waals surface area contributed by atoms with E-state index in [4.69, 9.17) is 0 Å². The molecule has 0 radical (unpaired) electrons. The number of hydrogen-bond donors (Lipinski definition) is 1. The van der Waals surface area contributed by atoms with Crippen molar-refractivity contribution in [1.29, 1.82) is 0 Å². The van der Waals surface area contributed by atoms with E-state index in [1.165, 1.54) is 0 Å². The number of rotatable bonds is 1. The summed E-state index contributed by atoms with van der Waals surface area (Å²) < 4.78 is 0. The Morgan fingerprint density at radius 3 is 2.33 bits per heavy atom. The molecule has 0 bridgehead atoms. The number of carboxylic acid groups (broad SMARTS) is 1. The predicted octanol–water partition coefficient (Wildman–Crippen LogP) is 2.80. The lowest BCUT2D eigenvalue weighted by molar-refractivity contribution is -0.142. The van der Waals surface area contributed by atoms with Crippen LogP contribution in [0.15, 0.2) is 0 Å². The van der Waals surface area contributed by atoms with Crippen molar-refractivity contribution in [2.45, 2.75) is 58.9 Å². The van der Waals surface area contributed by atoms with E-state index in [-0.39, 0.29) is 11.4 Å². The fraction of sp³-hybridized carbons (Fsp3) is 0.875. The minimum absolute atomic E-state index is 0.0731. The van der Waals surface area contributed by atoms with Crippen LogP contribution in [0.4, 0.5) is 4.79 Å². The average molecular weight is 296 g/mol. The lowest BCUT2D eigenvalue weighted by atomic mass is 9.80. The van der Waals surface area contributed by atoms with E-state index in [1.54, 1.807) is 4.90 Å². The maximum Gasteiger partial charge on any atom is 0.326 e. The van der Waals surface area contributed by atoms with E-state index in [0.717, 1.165) is 38.8 Å². The van der Waals surface area contributed by atoms with Crippen LogP contribution < -0.4 is 0 Å². The van der Waals surface area contributed by atoms with Gasteiger partial charge in [-0.1, -0.05) is 33.6 Å². The van der Waals surface area contributed by atoms with E-state index in [9.17, 15) is 14.7 Å². The van der Waals surface area contributed by atoms with Crippen LogP contribution in [0, 0.1) is 11.3 Å². The number of amides is 2. The number of carbonyl (C=O) groups excluding carboxylic acids is 1. The number of carboxylic acids is 1. The second-order valence-electron chi connectivity index (χ2n) is 7.48. The van der Waals surface area contributed by atoms with Crippen LogP contribution in [0.2, 0.25) is 0 Å². The molecule has 2 fully saturated rings. The molecular weight excluding hydrogens is 268 g/mol. The van der Waals surface area contributed by atoms with Crippen molar-refractivity contribution in [3.63, 3.8) is 0 Å². The van der Waals surface area contributed by atoms with Gasteiger partial charge in [0, 0.05) is 19.6 Å². The molecule has 0 aromatic rings. The molecule has 0 spiro atoms. The van der Waals surface area contributed by atoms with Gasteiger partial charge in [0.15, 0.2) is 0 Å². The van der Waals surface area contributed by atoms with Gasteiger partial charge in [0.25, 0.3) is 0 Å². The first-order valence-electron chi connectivity index (χ1n) is 8.09. The standard InChI is InChI=1S/C16H28N2O3/c1-16(2,3)12-8-10-17(11-12)15(21)18-9-6-4-5-7-13(18)14(19)20/h12-13H,4-11H2,1-3H3,(H,19,20). The quantitative estimate of drug-likeness (QED) is 0.809. The first-order chi connectivity index (χ1) is 9.80. The van der Waals surface area contributed by atoms with Gasteiger partial charge >= 0.3 is 12.0 Å². The second kappa shape index (κ2) is 6.24. The molecular formula is C16H28N2O3. The highest BCUT2D eigenvalue weighted by Gasteiger charge is 2.38. The number of urea groups is 1. The number of hydrogen-bond acceptors (Lipinski definition) is 2. The minimum atomic E-state index is -0.864. The molecule has 0 saturated carbocycles. The molecule has 0 aliphatic carbocycles. The Morgan fingerprint density at radius 2 is 1.76 bits per heavy atom. The first-order valence-corrected chi connectivity index (χ1v) is 8.09. The summed E-state index contributed by atoms with van der Waals surface area (Å²) in [6.07, 6.45) is 4.41. The van der Waals surface area contributed by atoms with Crippen LogP contribution in [-0.4, -0.2) is 52.6 Å². The zero-order valence-corrected chi connectivity index (χ0v) is 13.5. The third kappa shape index (κ3) is 3.69. The summed E-state index contributed by atoms with van der Waals surface area (Å²) in [5.74, 6) is -0.367. The van der Waals surface area contributed by atoms with Gasteiger partial charge in [-0.2, -0.15) is 0 Å². The Bertz CT molecular complexity index is 403. The van der Waals surface area contributed by atoms with Crippen LogP contribution in [0.25, 0.3) is 0 Å². The molecule has 2 rings (SSSR count). The molecule has 5 nitrogen and oxygen atoms in total. The van der Waals surface area contributed by atoms with Crippen LogP contribution in [0.3, 0.4) is 0 Å². The van der Waals surface area contributed by atoms with E-state index >= 15 is 0 Å². The Kier molecular flexibility index (Phi) is 4.79. The van der Waals surface area contributed by atoms with Gasteiger partial charge in [-0.05, 0) is 30.6 Å². The smallest absolute Gasteiger partial charge is 0.326 e. The zero-order valence-electron chi connectivity index (χ0n) is 13.5. The van der Waals surface area contributed by atoms with Gasteiger partial charge in [-0.15, -0.1) is 0 Å². The fourth-order valence-electron chi connectivity index (χ4n) is 3.42. The van der Waals surface area contributed by atoms with Crippen molar-refractivity contribution in [2.24, 2.45) is 11.3 Å². The zero-order chi connectivity index (χ0) is 15.6. The normalized spacial score (nSPS) is 27.6. The molecule has 2 amide bonds. The highest BCUT2D eigenvalue weighted by molar-refractivity contribution is 5.83. The fourth-order valence-corrected chi connectivity index (χ4v) is 3.42. The van der Waals surface area contributed by atoms with Crippen LogP contribution in [-0.2, 0) is 4.79 Å². The summed E-state index contributed by atoms with van der Waals surface area (Å²) >= 11 is 0. The predicted molar refractivity (Wildman–Crippen MR) is 81.1 cm³/mol. The molecule has 1 N–H and O–H groups in total. The number of likely N-dealkylation sites (tertiary alicyclic amines) is 2. The minimum Gasteiger partial charge on any atom is -0.480 e. The van der Waals surface area contributed by atoms with Gasteiger partial charge < -0.3 is 14.9 Å². The topological polar surface area (TPSA) is 60.9 Å². The lowest BCUT2D eigenvalue weighted by Crippen LogP contribution is -2.50. The first kappa shape index (κ1) is 16.1. The van der Waals surface area contributed by atoms with Gasteiger partial charge in [0.2, 0.25) is 0 Å². The molecule has 2 unspecified atom stereocenters. The maximum atomic E-state index is 12.7. The molecule has 2 saturated heterocycles. The van der Waals surface area contributed by atoms with Crippen LogP contribution in [0.1, 0.15) is 52.9 Å². The molecule has 120 valence electrons. The van der Waals surface area contributed by atoms with Crippen molar-refractivity contribution in [2.75, 3.05) is 19.6 Å². The summed E-state index contributed by atoms with van der Waals surface area (Å²) in [5, 5.41) is 9.39. The molecule has 2 aliphatic heterocycles. The number of carbonyl (C=O) groups is 2. The summed E-state index contributed by atoms with van der Waals surface area (Å²) in [5.41, 5.74) is 0.194. The molecule has 2 atom stereocenters. The third-order valence-corrected chi connectivity index (χ3v) is 4.97. The second-order valence-corrected chi connectivity index (χ2v) is 7.48. The highest BCUT2D eigenvalue weighted by atomic mass is 16.4. The SMILES string of the molecule is CC(C)(C)C1CCN(C(=O)N2CCCCCC2C(=O)O)C1. The summed E-state index contributed by atoms with van der Waals surface area (Å²) in [6.45, 7) is 8.70. The molecule has 2 heterocycles. The highest BCUT2D eigenvalue weighted by Crippen LogP contribution is 2.34. The van der Waals surface area contributed by atoms with E-state index in [2.05, 4.69) is 20.8 Å². The van der Waals surface area contributed by atoms with E-state index < -0.39 is 12.0 Å². The van der Waals surface area contributed by atoms with Gasteiger partial charge in [-0.25, -0.2) is 9.59 Å². The maximum absolute atomic E-state index is 12.7. The largest absolute Gasteiger partial charge is 0.480 e. The molecule has 21 heavy (non-hydrogen) atoms. The Hall–Kier alpha value is -1.26. The molecule has 2 aliphatic rings. The lowest BCUT2D eigenvalue weighted by Gasteiger charge is -2.32.